The maximum atomic E-state index is 11.9. The van der Waals surface area contributed by atoms with Crippen molar-refractivity contribution in [3.63, 3.8) is 0 Å². The second-order valence-electron chi connectivity index (χ2n) is 13.5. The number of hydrogen-bond donors (Lipinski definition) is 1. The van der Waals surface area contributed by atoms with Crippen molar-refractivity contribution in [1.29, 1.82) is 0 Å². The number of carbonyl (C=O) groups is 1. The molecule has 4 saturated carbocycles. The number of carbonyl (C=O) groups excluding carboxylic acids is 1. The van der Waals surface area contributed by atoms with E-state index in [1.54, 1.807) is 0 Å². The van der Waals surface area contributed by atoms with Gasteiger partial charge < -0.3 is 14.6 Å². The Labute approximate surface area is 207 Å². The second kappa shape index (κ2) is 8.61. The third-order valence-corrected chi connectivity index (χ3v) is 11.8. The van der Waals surface area contributed by atoms with Crippen LogP contribution in [0.3, 0.4) is 0 Å². The first-order valence-electron chi connectivity index (χ1n) is 14.2. The molecule has 1 spiro atoms. The van der Waals surface area contributed by atoms with E-state index in [0.29, 0.717) is 29.8 Å². The van der Waals surface area contributed by atoms with E-state index >= 15 is 0 Å². The molecule has 0 radical (unpaired) electrons. The summed E-state index contributed by atoms with van der Waals surface area (Å²) in [6, 6.07) is 0. The van der Waals surface area contributed by atoms with Crippen LogP contribution in [0.2, 0.25) is 0 Å². The van der Waals surface area contributed by atoms with Crippen LogP contribution in [-0.4, -0.2) is 35.5 Å². The average molecular weight is 473 g/mol. The van der Waals surface area contributed by atoms with Gasteiger partial charge in [0.05, 0.1) is 12.2 Å². The molecule has 1 saturated heterocycles. The first-order valence-corrected chi connectivity index (χ1v) is 14.2. The third kappa shape index (κ3) is 3.64. The Morgan fingerprint density at radius 3 is 2.62 bits per heavy atom. The molecule has 5 fully saturated rings. The van der Waals surface area contributed by atoms with Crippen molar-refractivity contribution in [2.45, 2.75) is 117 Å². The van der Waals surface area contributed by atoms with Crippen LogP contribution < -0.4 is 0 Å². The molecule has 5 aliphatic rings. The summed E-state index contributed by atoms with van der Waals surface area (Å²) in [6.45, 7) is 16.0. The summed E-state index contributed by atoms with van der Waals surface area (Å²) in [5.41, 5.74) is 1.45. The van der Waals surface area contributed by atoms with E-state index in [1.807, 2.05) is 0 Å². The fourth-order valence-electron chi connectivity index (χ4n) is 9.83. The lowest BCUT2D eigenvalue weighted by Crippen LogP contribution is -2.61. The highest BCUT2D eigenvalue weighted by Gasteiger charge is 2.78. The monoisotopic (exact) mass is 472 g/mol. The van der Waals surface area contributed by atoms with E-state index in [9.17, 15) is 9.90 Å². The zero-order chi connectivity index (χ0) is 24.5. The molecule has 192 valence electrons. The van der Waals surface area contributed by atoms with Crippen LogP contribution in [0, 0.1) is 46.3 Å². The summed E-state index contributed by atoms with van der Waals surface area (Å²) in [5, 5.41) is 10.5. The largest absolute Gasteiger partial charge is 0.465 e. The van der Waals surface area contributed by atoms with Crippen LogP contribution in [0.25, 0.3) is 0 Å². The van der Waals surface area contributed by atoms with Crippen molar-refractivity contribution in [2.24, 2.45) is 46.3 Å². The Kier molecular flexibility index (Phi) is 6.28. The molecule has 0 aromatic heterocycles. The van der Waals surface area contributed by atoms with Crippen molar-refractivity contribution >= 4 is 5.97 Å². The minimum absolute atomic E-state index is 0.106. The van der Waals surface area contributed by atoms with E-state index in [0.717, 1.165) is 49.9 Å². The molecule has 5 rings (SSSR count). The van der Waals surface area contributed by atoms with Crippen molar-refractivity contribution in [3.8, 4) is 0 Å². The summed E-state index contributed by atoms with van der Waals surface area (Å²) < 4.78 is 12.3. The highest BCUT2D eigenvalue weighted by atomic mass is 16.6. The topological polar surface area (TPSA) is 59.1 Å². The molecule has 4 aliphatic carbocycles. The van der Waals surface area contributed by atoms with Crippen LogP contribution in [0.4, 0.5) is 0 Å². The lowest BCUT2D eigenvalue weighted by atomic mass is 9.44. The lowest BCUT2D eigenvalue weighted by Gasteiger charge is -2.60. The highest BCUT2D eigenvalue weighted by Crippen LogP contribution is 2.74. The van der Waals surface area contributed by atoms with Crippen molar-refractivity contribution in [1.82, 2.24) is 0 Å². The quantitative estimate of drug-likeness (QED) is 0.268. The van der Waals surface area contributed by atoms with E-state index in [1.165, 1.54) is 44.6 Å². The zero-order valence-corrected chi connectivity index (χ0v) is 22.3. The molecule has 1 heterocycles. The minimum atomic E-state index is -0.279. The number of ether oxygens (including phenoxy) is 2. The van der Waals surface area contributed by atoms with Crippen LogP contribution in [0.5, 0.6) is 0 Å². The Morgan fingerprint density at radius 1 is 1.15 bits per heavy atom. The number of hydrogen-bond acceptors (Lipinski definition) is 4. The molecule has 0 bridgehead atoms. The molecule has 4 nitrogen and oxygen atoms in total. The molecule has 0 aromatic carbocycles. The van der Waals surface area contributed by atoms with Crippen LogP contribution in [-0.2, 0) is 14.3 Å². The van der Waals surface area contributed by atoms with Gasteiger partial charge in [0.15, 0.2) is 0 Å². The number of esters is 1. The molecule has 0 aromatic rings. The zero-order valence-electron chi connectivity index (χ0n) is 22.3. The van der Waals surface area contributed by atoms with Crippen LogP contribution in [0.1, 0.15) is 98.8 Å². The predicted octanol–water partition coefficient (Wildman–Crippen LogP) is 6.31. The number of aliphatic hydroxyl groups excluding tert-OH is 1. The van der Waals surface area contributed by atoms with Gasteiger partial charge >= 0.3 is 5.97 Å². The summed E-state index contributed by atoms with van der Waals surface area (Å²) in [5.74, 6) is 3.88. The van der Waals surface area contributed by atoms with E-state index in [2.05, 4.69) is 34.3 Å². The Balaban J connectivity index is 1.37. The first kappa shape index (κ1) is 24.8. The van der Waals surface area contributed by atoms with Gasteiger partial charge in [-0.25, -0.2) is 0 Å². The van der Waals surface area contributed by atoms with Gasteiger partial charge in [0.2, 0.25) is 0 Å². The highest BCUT2D eigenvalue weighted by molar-refractivity contribution is 5.66. The van der Waals surface area contributed by atoms with Gasteiger partial charge in [-0.15, -0.1) is 0 Å². The van der Waals surface area contributed by atoms with Crippen molar-refractivity contribution in [3.05, 3.63) is 12.2 Å². The van der Waals surface area contributed by atoms with Gasteiger partial charge in [-0.2, -0.15) is 0 Å². The van der Waals surface area contributed by atoms with Gasteiger partial charge in [-0.1, -0.05) is 39.8 Å². The van der Waals surface area contributed by atoms with Gasteiger partial charge in [0, 0.05) is 18.8 Å². The molecule has 4 heteroatoms. The number of allylic oxidation sites excluding steroid dienone is 1. The Morgan fingerprint density at radius 2 is 1.91 bits per heavy atom. The van der Waals surface area contributed by atoms with Crippen LogP contribution >= 0.6 is 0 Å². The summed E-state index contributed by atoms with van der Waals surface area (Å²) in [7, 11) is 0. The summed E-state index contributed by atoms with van der Waals surface area (Å²) in [4.78, 5) is 11.9. The van der Waals surface area contributed by atoms with Crippen LogP contribution in [0.15, 0.2) is 12.2 Å². The summed E-state index contributed by atoms with van der Waals surface area (Å²) >= 11 is 0. The van der Waals surface area contributed by atoms with Crippen molar-refractivity contribution in [2.75, 3.05) is 6.61 Å². The number of aliphatic hydroxyl groups is 1. The molecular formula is C30H48O4. The van der Waals surface area contributed by atoms with E-state index in [-0.39, 0.29) is 29.2 Å². The van der Waals surface area contributed by atoms with E-state index in [4.69, 9.17) is 9.47 Å². The fourth-order valence-corrected chi connectivity index (χ4v) is 9.83. The molecule has 0 unspecified atom stereocenters. The van der Waals surface area contributed by atoms with Gasteiger partial charge in [-0.3, -0.25) is 4.79 Å². The predicted molar refractivity (Wildman–Crippen MR) is 134 cm³/mol. The third-order valence-electron chi connectivity index (χ3n) is 11.8. The van der Waals surface area contributed by atoms with Gasteiger partial charge in [0.1, 0.15) is 12.2 Å². The molecule has 34 heavy (non-hydrogen) atoms. The number of rotatable bonds is 7. The SMILES string of the molecule is C=C(CC[C@H](C)[C@H]1CC[C@H]2[C@@H]3C[C@H]4O[C@]45C[C@@H](O)CC[C@]5(COC(C)=O)[C@H]3CC[C@]12C)C(C)C. The maximum Gasteiger partial charge on any atom is 0.302 e. The number of fused-ring (bicyclic) bond motifs is 4. The fraction of sp³-hybridized carbons (Fsp3) is 0.900. The Hall–Kier alpha value is -0.870. The molecule has 1 aliphatic heterocycles. The standard InChI is InChI=1S/C30H48O4/c1-18(2)19(3)7-8-20(4)24-9-10-25-23-15-27-30(34-27)16-22(32)11-14-29(30,17-33-21(5)31)26(23)12-13-28(24,25)6/h18,20,22-27,32H,3,7-17H2,1-2,4-6H3/t20-,22-,23-,24+,25-,26-,27+,28+,29-,30+/m0/s1. The maximum absolute atomic E-state index is 11.9. The normalized spacial score (nSPS) is 47.7. The Bertz CT molecular complexity index is 821. The number of epoxide rings is 1. The molecule has 1 N–H and O–H groups in total. The summed E-state index contributed by atoms with van der Waals surface area (Å²) in [6.07, 6.45) is 11.2. The van der Waals surface area contributed by atoms with Gasteiger partial charge in [-0.05, 0) is 98.7 Å². The average Bonchev–Trinajstić information content (AvgIpc) is 3.35. The van der Waals surface area contributed by atoms with E-state index < -0.39 is 0 Å². The minimum Gasteiger partial charge on any atom is -0.465 e. The van der Waals surface area contributed by atoms with Crippen molar-refractivity contribution < 1.29 is 19.4 Å². The smallest absolute Gasteiger partial charge is 0.302 e. The second-order valence-corrected chi connectivity index (χ2v) is 13.5. The lowest BCUT2D eigenvalue weighted by molar-refractivity contribution is -0.169. The van der Waals surface area contributed by atoms with Gasteiger partial charge in [0.25, 0.3) is 0 Å². The first-order chi connectivity index (χ1) is 16.0. The molecular weight excluding hydrogens is 424 g/mol. The molecule has 0 amide bonds. The molecule has 10 atom stereocenters.